The molecular weight excluding hydrogens is 210 g/mol. The molecule has 0 aromatic carbocycles. The highest BCUT2D eigenvalue weighted by Crippen LogP contribution is 2.26. The molecule has 0 amide bonds. The van der Waals surface area contributed by atoms with E-state index in [0.717, 1.165) is 5.92 Å². The Morgan fingerprint density at radius 3 is 2.82 bits per heavy atom. The Labute approximate surface area is 105 Å². The van der Waals surface area contributed by atoms with Crippen molar-refractivity contribution in [2.75, 3.05) is 0 Å². The van der Waals surface area contributed by atoms with Crippen LogP contribution in [0.4, 0.5) is 0 Å². The summed E-state index contributed by atoms with van der Waals surface area (Å²) in [4.78, 5) is 0. The summed E-state index contributed by atoms with van der Waals surface area (Å²) >= 11 is 0. The SMILES string of the molecule is Cc1c(C(C)NC2CCCC(C)C2)cnn1C. The van der Waals surface area contributed by atoms with Gasteiger partial charge in [0.05, 0.1) is 6.20 Å². The van der Waals surface area contributed by atoms with Gasteiger partial charge < -0.3 is 5.32 Å². The van der Waals surface area contributed by atoms with E-state index in [2.05, 4.69) is 31.2 Å². The van der Waals surface area contributed by atoms with E-state index in [4.69, 9.17) is 0 Å². The summed E-state index contributed by atoms with van der Waals surface area (Å²) in [5.74, 6) is 0.878. The van der Waals surface area contributed by atoms with Gasteiger partial charge in [-0.3, -0.25) is 4.68 Å². The molecule has 3 nitrogen and oxygen atoms in total. The molecular formula is C14H25N3. The van der Waals surface area contributed by atoms with Crippen molar-refractivity contribution in [2.45, 2.75) is 58.5 Å². The van der Waals surface area contributed by atoms with Gasteiger partial charge in [0.1, 0.15) is 0 Å². The molecule has 1 aliphatic carbocycles. The summed E-state index contributed by atoms with van der Waals surface area (Å²) in [5, 5.41) is 8.09. The van der Waals surface area contributed by atoms with Crippen LogP contribution in [0, 0.1) is 12.8 Å². The molecule has 0 spiro atoms. The molecule has 1 N–H and O–H groups in total. The maximum Gasteiger partial charge on any atom is 0.0540 e. The molecule has 3 unspecified atom stereocenters. The predicted octanol–water partition coefficient (Wildman–Crippen LogP) is 2.96. The monoisotopic (exact) mass is 235 g/mol. The Morgan fingerprint density at radius 1 is 1.47 bits per heavy atom. The van der Waals surface area contributed by atoms with Crippen LogP contribution < -0.4 is 5.32 Å². The lowest BCUT2D eigenvalue weighted by Gasteiger charge is -2.30. The maximum atomic E-state index is 4.32. The minimum atomic E-state index is 0.416. The van der Waals surface area contributed by atoms with Crippen molar-refractivity contribution in [3.63, 3.8) is 0 Å². The van der Waals surface area contributed by atoms with Crippen molar-refractivity contribution in [1.82, 2.24) is 15.1 Å². The van der Waals surface area contributed by atoms with Crippen molar-refractivity contribution in [3.8, 4) is 0 Å². The molecule has 96 valence electrons. The highest BCUT2D eigenvalue weighted by Gasteiger charge is 2.21. The van der Waals surface area contributed by atoms with Gasteiger partial charge in [-0.1, -0.05) is 19.8 Å². The van der Waals surface area contributed by atoms with Gasteiger partial charge in [0, 0.05) is 30.4 Å². The highest BCUT2D eigenvalue weighted by molar-refractivity contribution is 5.19. The highest BCUT2D eigenvalue weighted by atomic mass is 15.3. The summed E-state index contributed by atoms with van der Waals surface area (Å²) in [5.41, 5.74) is 2.61. The third kappa shape index (κ3) is 2.89. The quantitative estimate of drug-likeness (QED) is 0.873. The molecule has 0 aliphatic heterocycles. The average molecular weight is 235 g/mol. The first-order valence-electron chi connectivity index (χ1n) is 6.82. The second-order valence-corrected chi connectivity index (χ2v) is 5.67. The van der Waals surface area contributed by atoms with Gasteiger partial charge in [-0.2, -0.15) is 5.10 Å². The molecule has 1 fully saturated rings. The molecule has 17 heavy (non-hydrogen) atoms. The second kappa shape index (κ2) is 5.21. The van der Waals surface area contributed by atoms with Crippen LogP contribution >= 0.6 is 0 Å². The first-order chi connectivity index (χ1) is 8.08. The smallest absolute Gasteiger partial charge is 0.0540 e. The van der Waals surface area contributed by atoms with E-state index in [9.17, 15) is 0 Å². The van der Waals surface area contributed by atoms with Gasteiger partial charge in [0.2, 0.25) is 0 Å². The van der Waals surface area contributed by atoms with E-state index in [1.54, 1.807) is 0 Å². The lowest BCUT2D eigenvalue weighted by Crippen LogP contribution is -2.35. The zero-order chi connectivity index (χ0) is 12.4. The molecule has 1 heterocycles. The van der Waals surface area contributed by atoms with Gasteiger partial charge in [0.25, 0.3) is 0 Å². The molecule has 0 bridgehead atoms. The Bertz CT molecular complexity index is 370. The Balaban J connectivity index is 1.96. The van der Waals surface area contributed by atoms with Gasteiger partial charge in [0.15, 0.2) is 0 Å². The standard InChI is InChI=1S/C14H25N3/c1-10-6-5-7-13(8-10)16-11(2)14-9-15-17(4)12(14)3/h9-11,13,16H,5-8H2,1-4H3. The molecule has 1 aliphatic rings. The van der Waals surface area contributed by atoms with Crippen LogP contribution in [-0.2, 0) is 7.05 Å². The largest absolute Gasteiger partial charge is 0.307 e. The topological polar surface area (TPSA) is 29.9 Å². The molecule has 3 atom stereocenters. The van der Waals surface area contributed by atoms with Crippen LogP contribution in [0.1, 0.15) is 56.8 Å². The summed E-state index contributed by atoms with van der Waals surface area (Å²) in [6.45, 7) is 6.77. The van der Waals surface area contributed by atoms with Gasteiger partial charge in [-0.05, 0) is 32.6 Å². The number of hydrogen-bond acceptors (Lipinski definition) is 2. The van der Waals surface area contributed by atoms with E-state index >= 15 is 0 Å². The molecule has 3 heteroatoms. The summed E-state index contributed by atoms with van der Waals surface area (Å²) in [6, 6.07) is 1.10. The van der Waals surface area contributed by atoms with Crippen LogP contribution in [0.25, 0.3) is 0 Å². The second-order valence-electron chi connectivity index (χ2n) is 5.67. The lowest BCUT2D eigenvalue weighted by atomic mass is 9.86. The van der Waals surface area contributed by atoms with Crippen molar-refractivity contribution >= 4 is 0 Å². The van der Waals surface area contributed by atoms with Crippen molar-refractivity contribution in [3.05, 3.63) is 17.5 Å². The fourth-order valence-corrected chi connectivity index (χ4v) is 2.97. The minimum absolute atomic E-state index is 0.416. The molecule has 1 aromatic rings. The maximum absolute atomic E-state index is 4.32. The summed E-state index contributed by atoms with van der Waals surface area (Å²) in [7, 11) is 2.01. The van der Waals surface area contributed by atoms with E-state index in [-0.39, 0.29) is 0 Å². The molecule has 2 rings (SSSR count). The van der Waals surface area contributed by atoms with Crippen molar-refractivity contribution < 1.29 is 0 Å². The van der Waals surface area contributed by atoms with Crippen molar-refractivity contribution in [2.24, 2.45) is 13.0 Å². The molecule has 0 radical (unpaired) electrons. The van der Waals surface area contributed by atoms with Gasteiger partial charge in [-0.15, -0.1) is 0 Å². The van der Waals surface area contributed by atoms with E-state index in [1.165, 1.54) is 36.9 Å². The third-order valence-electron chi connectivity index (χ3n) is 4.16. The van der Waals surface area contributed by atoms with E-state index in [0.29, 0.717) is 12.1 Å². The van der Waals surface area contributed by atoms with Crippen LogP contribution in [0.3, 0.4) is 0 Å². The number of aryl methyl sites for hydroxylation is 1. The van der Waals surface area contributed by atoms with Gasteiger partial charge in [-0.25, -0.2) is 0 Å². The summed E-state index contributed by atoms with van der Waals surface area (Å²) in [6.07, 6.45) is 7.42. The predicted molar refractivity (Wildman–Crippen MR) is 70.9 cm³/mol. The van der Waals surface area contributed by atoms with Crippen LogP contribution in [0.15, 0.2) is 6.20 Å². The third-order valence-corrected chi connectivity index (χ3v) is 4.16. The number of aromatic nitrogens is 2. The van der Waals surface area contributed by atoms with Crippen molar-refractivity contribution in [1.29, 1.82) is 0 Å². The fourth-order valence-electron chi connectivity index (χ4n) is 2.97. The number of rotatable bonds is 3. The number of hydrogen-bond donors (Lipinski definition) is 1. The normalized spacial score (nSPS) is 27.1. The first-order valence-corrected chi connectivity index (χ1v) is 6.82. The zero-order valence-corrected chi connectivity index (χ0v) is 11.5. The first kappa shape index (κ1) is 12.6. The number of nitrogens with zero attached hydrogens (tertiary/aromatic N) is 2. The average Bonchev–Trinajstić information content (AvgIpc) is 2.60. The minimum Gasteiger partial charge on any atom is -0.307 e. The molecule has 0 saturated heterocycles. The lowest BCUT2D eigenvalue weighted by molar-refractivity contribution is 0.285. The van der Waals surface area contributed by atoms with Crippen LogP contribution in [-0.4, -0.2) is 15.8 Å². The fraction of sp³-hybridized carbons (Fsp3) is 0.786. The van der Waals surface area contributed by atoms with Crippen LogP contribution in [0.2, 0.25) is 0 Å². The van der Waals surface area contributed by atoms with Crippen LogP contribution in [0.5, 0.6) is 0 Å². The van der Waals surface area contributed by atoms with E-state index in [1.807, 2.05) is 17.9 Å². The Kier molecular flexibility index (Phi) is 3.87. The summed E-state index contributed by atoms with van der Waals surface area (Å²) < 4.78 is 1.96. The Hall–Kier alpha value is -0.830. The van der Waals surface area contributed by atoms with Gasteiger partial charge >= 0.3 is 0 Å². The molecule has 1 aromatic heterocycles. The molecule has 1 saturated carbocycles. The zero-order valence-electron chi connectivity index (χ0n) is 11.5. The van der Waals surface area contributed by atoms with E-state index < -0.39 is 0 Å². The Morgan fingerprint density at radius 2 is 2.24 bits per heavy atom. The number of nitrogens with one attached hydrogen (secondary N) is 1.